The molecule has 4 heteroatoms. The van der Waals surface area contributed by atoms with Crippen LogP contribution in [0.3, 0.4) is 0 Å². The summed E-state index contributed by atoms with van der Waals surface area (Å²) in [7, 11) is 0. The van der Waals surface area contributed by atoms with E-state index in [1.807, 2.05) is 11.8 Å². The van der Waals surface area contributed by atoms with Crippen LogP contribution in [0.25, 0.3) is 0 Å². The van der Waals surface area contributed by atoms with Gasteiger partial charge in [-0.25, -0.2) is 0 Å². The molecule has 2 saturated heterocycles. The number of nitrogens with one attached hydrogen (secondary N) is 1. The van der Waals surface area contributed by atoms with E-state index in [0.717, 1.165) is 11.5 Å². The van der Waals surface area contributed by atoms with Gasteiger partial charge in [0, 0.05) is 11.5 Å². The van der Waals surface area contributed by atoms with Gasteiger partial charge in [-0.1, -0.05) is 0 Å². The van der Waals surface area contributed by atoms with Crippen molar-refractivity contribution in [3.8, 4) is 0 Å². The molecule has 2 aliphatic heterocycles. The van der Waals surface area contributed by atoms with Crippen LogP contribution in [0.5, 0.6) is 0 Å². The van der Waals surface area contributed by atoms with E-state index in [1.54, 1.807) is 0 Å². The molecule has 50 valence electrons. The van der Waals surface area contributed by atoms with Crippen LogP contribution >= 0.6 is 24.0 Å². The van der Waals surface area contributed by atoms with Gasteiger partial charge in [0.25, 0.3) is 5.17 Å². The lowest BCUT2D eigenvalue weighted by molar-refractivity contribution is 0.244. The molecule has 0 saturated carbocycles. The molecule has 0 aromatic carbocycles. The molecule has 2 fully saturated rings. The Bertz CT molecular complexity index is 136. The fraction of sp³-hybridized carbons (Fsp3) is 0.800. The van der Waals surface area contributed by atoms with Gasteiger partial charge in [-0.15, -0.1) is 0 Å². The second-order valence-electron chi connectivity index (χ2n) is 2.23. The van der Waals surface area contributed by atoms with Gasteiger partial charge in [-0.05, 0) is 12.2 Å². The summed E-state index contributed by atoms with van der Waals surface area (Å²) in [4.78, 5) is 0. The molecule has 0 aromatic heterocycles. The second-order valence-corrected chi connectivity index (χ2v) is 3.68. The summed E-state index contributed by atoms with van der Waals surface area (Å²) in [6, 6.07) is 0.502. The van der Waals surface area contributed by atoms with Gasteiger partial charge in [0.05, 0.1) is 6.04 Å². The van der Waals surface area contributed by atoms with Crippen molar-refractivity contribution < 1.29 is 4.74 Å². The largest absolute Gasteiger partial charge is 0.465 e. The SMILES string of the molecule is S=C1N[C@@H]2CSC[C@H]2O1. The maximum Gasteiger partial charge on any atom is 0.257 e. The van der Waals surface area contributed by atoms with Crippen molar-refractivity contribution in [2.45, 2.75) is 12.1 Å². The van der Waals surface area contributed by atoms with Crippen molar-refractivity contribution in [3.63, 3.8) is 0 Å². The lowest BCUT2D eigenvalue weighted by Gasteiger charge is -2.01. The standard InChI is InChI=1S/C5H7NOS2/c8-5-6-3-1-9-2-4(3)7-5/h3-4H,1-2H2,(H,6,8)/t3-,4-/m1/s1. The number of thioether (sulfide) groups is 1. The van der Waals surface area contributed by atoms with Crippen LogP contribution in [0.15, 0.2) is 0 Å². The third-order valence-electron chi connectivity index (χ3n) is 1.59. The highest BCUT2D eigenvalue weighted by atomic mass is 32.2. The summed E-state index contributed by atoms with van der Waals surface area (Å²) in [5, 5.41) is 3.69. The predicted molar refractivity (Wildman–Crippen MR) is 41.7 cm³/mol. The number of thiocarbonyl (C=S) groups is 1. The van der Waals surface area contributed by atoms with Crippen LogP contribution in [0.1, 0.15) is 0 Å². The van der Waals surface area contributed by atoms with E-state index in [9.17, 15) is 0 Å². The Labute approximate surface area is 63.3 Å². The van der Waals surface area contributed by atoms with Gasteiger partial charge in [0.15, 0.2) is 0 Å². The maximum absolute atomic E-state index is 5.28. The number of hydrogen-bond donors (Lipinski definition) is 1. The van der Waals surface area contributed by atoms with E-state index in [2.05, 4.69) is 5.32 Å². The number of hydrogen-bond acceptors (Lipinski definition) is 3. The van der Waals surface area contributed by atoms with E-state index in [-0.39, 0.29) is 0 Å². The van der Waals surface area contributed by atoms with Gasteiger partial charge in [-0.2, -0.15) is 11.8 Å². The second kappa shape index (κ2) is 2.02. The van der Waals surface area contributed by atoms with Crippen molar-refractivity contribution in [3.05, 3.63) is 0 Å². The van der Waals surface area contributed by atoms with Gasteiger partial charge in [-0.3, -0.25) is 0 Å². The monoisotopic (exact) mass is 161 g/mol. The Kier molecular flexibility index (Phi) is 1.30. The van der Waals surface area contributed by atoms with Crippen LogP contribution < -0.4 is 5.32 Å². The molecule has 0 aromatic rings. The lowest BCUT2D eigenvalue weighted by atomic mass is 10.2. The third kappa shape index (κ3) is 0.901. The summed E-state index contributed by atoms with van der Waals surface area (Å²) in [5.74, 6) is 2.24. The van der Waals surface area contributed by atoms with Gasteiger partial charge < -0.3 is 10.1 Å². The first-order chi connectivity index (χ1) is 4.36. The van der Waals surface area contributed by atoms with Crippen molar-refractivity contribution in [1.29, 1.82) is 0 Å². The zero-order valence-electron chi connectivity index (χ0n) is 4.79. The summed E-state index contributed by atoms with van der Waals surface area (Å²) >= 11 is 6.75. The van der Waals surface area contributed by atoms with Crippen LogP contribution in [-0.2, 0) is 4.74 Å². The average Bonchev–Trinajstić information content (AvgIpc) is 2.22. The van der Waals surface area contributed by atoms with Crippen LogP contribution in [0.4, 0.5) is 0 Å². The van der Waals surface area contributed by atoms with E-state index in [4.69, 9.17) is 17.0 Å². The summed E-state index contributed by atoms with van der Waals surface area (Å²) in [6.07, 6.45) is 0.363. The Hall–Kier alpha value is 0.0400. The van der Waals surface area contributed by atoms with E-state index < -0.39 is 0 Å². The zero-order valence-corrected chi connectivity index (χ0v) is 6.43. The topological polar surface area (TPSA) is 21.3 Å². The van der Waals surface area contributed by atoms with Crippen LogP contribution in [0.2, 0.25) is 0 Å². The minimum Gasteiger partial charge on any atom is -0.465 e. The Balaban J connectivity index is 2.09. The molecule has 0 radical (unpaired) electrons. The number of rotatable bonds is 0. The normalized spacial score (nSPS) is 39.8. The molecule has 2 aliphatic rings. The van der Waals surface area contributed by atoms with Crippen molar-refractivity contribution >= 4 is 29.2 Å². The quantitative estimate of drug-likeness (QED) is 0.518. The molecule has 2 atom stereocenters. The van der Waals surface area contributed by atoms with E-state index >= 15 is 0 Å². The molecule has 0 amide bonds. The first-order valence-electron chi connectivity index (χ1n) is 2.91. The fourth-order valence-electron chi connectivity index (χ4n) is 1.11. The zero-order chi connectivity index (χ0) is 6.27. The van der Waals surface area contributed by atoms with E-state index in [0.29, 0.717) is 17.3 Å². The predicted octanol–water partition coefficient (Wildman–Crippen LogP) is 0.375. The molecule has 2 nitrogen and oxygen atoms in total. The van der Waals surface area contributed by atoms with Crippen LogP contribution in [0, 0.1) is 0 Å². The lowest BCUT2D eigenvalue weighted by Crippen LogP contribution is -2.29. The average molecular weight is 161 g/mol. The molecule has 0 unspecified atom stereocenters. The number of ether oxygens (including phenoxy) is 1. The van der Waals surface area contributed by atoms with Crippen molar-refractivity contribution in [1.82, 2.24) is 5.32 Å². The molecule has 0 aliphatic carbocycles. The maximum atomic E-state index is 5.28. The fourth-order valence-corrected chi connectivity index (χ4v) is 2.60. The van der Waals surface area contributed by atoms with Gasteiger partial charge in [0.1, 0.15) is 6.10 Å². The highest BCUT2D eigenvalue weighted by Gasteiger charge is 2.36. The van der Waals surface area contributed by atoms with Crippen molar-refractivity contribution in [2.75, 3.05) is 11.5 Å². The van der Waals surface area contributed by atoms with Crippen molar-refractivity contribution in [2.24, 2.45) is 0 Å². The van der Waals surface area contributed by atoms with Gasteiger partial charge in [0.2, 0.25) is 0 Å². The van der Waals surface area contributed by atoms with E-state index in [1.165, 1.54) is 0 Å². The minimum absolute atomic E-state index is 0.363. The molecular formula is C5H7NOS2. The molecule has 0 bridgehead atoms. The van der Waals surface area contributed by atoms with Gasteiger partial charge >= 0.3 is 0 Å². The van der Waals surface area contributed by atoms with Crippen LogP contribution in [-0.4, -0.2) is 28.8 Å². The molecule has 2 rings (SSSR count). The molecule has 0 spiro atoms. The molecular weight excluding hydrogens is 154 g/mol. The minimum atomic E-state index is 0.363. The first-order valence-corrected chi connectivity index (χ1v) is 4.47. The summed E-state index contributed by atoms with van der Waals surface area (Å²) in [5.41, 5.74) is 0. The number of fused-ring (bicyclic) bond motifs is 1. The Morgan fingerprint density at radius 1 is 1.67 bits per heavy atom. The first kappa shape index (κ1) is 5.80. The smallest absolute Gasteiger partial charge is 0.257 e. The molecule has 9 heavy (non-hydrogen) atoms. The summed E-state index contributed by atoms with van der Waals surface area (Å²) < 4.78 is 5.28. The highest BCUT2D eigenvalue weighted by Crippen LogP contribution is 2.24. The Morgan fingerprint density at radius 2 is 2.56 bits per heavy atom. The Morgan fingerprint density at radius 3 is 3.33 bits per heavy atom. The molecule has 2 heterocycles. The third-order valence-corrected chi connectivity index (χ3v) is 2.96. The summed E-state index contributed by atoms with van der Waals surface area (Å²) in [6.45, 7) is 0. The molecule has 1 N–H and O–H groups in total. The highest BCUT2D eigenvalue weighted by molar-refractivity contribution is 7.99.